The summed E-state index contributed by atoms with van der Waals surface area (Å²) >= 11 is 0. The summed E-state index contributed by atoms with van der Waals surface area (Å²) in [4.78, 5) is 19.1. The molecule has 140 valence electrons. The summed E-state index contributed by atoms with van der Waals surface area (Å²) < 4.78 is 0. The zero-order chi connectivity index (χ0) is 19.2. The lowest BCUT2D eigenvalue weighted by Crippen LogP contribution is -2.23. The Balaban J connectivity index is 1.65. The minimum absolute atomic E-state index is 0.0969. The van der Waals surface area contributed by atoms with E-state index in [-0.39, 0.29) is 12.5 Å². The Morgan fingerprint density at radius 1 is 1.04 bits per heavy atom. The first kappa shape index (κ1) is 18.7. The summed E-state index contributed by atoms with van der Waals surface area (Å²) in [5.74, 6) is -0.0969. The third-order valence-electron chi connectivity index (χ3n) is 4.68. The molecule has 1 amide bonds. The Hall–Kier alpha value is -3.08. The number of anilines is 3. The van der Waals surface area contributed by atoms with Crippen molar-refractivity contribution in [1.82, 2.24) is 4.98 Å². The molecule has 0 aliphatic rings. The number of hydrogen-bond acceptors (Lipinski definition) is 4. The predicted octanol–water partition coefficient (Wildman–Crippen LogP) is 4.44. The monoisotopic (exact) mass is 362 g/mol. The third kappa shape index (κ3) is 4.37. The number of fused-ring (bicyclic) bond motifs is 1. The van der Waals surface area contributed by atoms with Crippen LogP contribution in [0.25, 0.3) is 10.9 Å². The number of benzene rings is 2. The van der Waals surface area contributed by atoms with Gasteiger partial charge in [-0.05, 0) is 56.7 Å². The van der Waals surface area contributed by atoms with Crippen LogP contribution in [0.3, 0.4) is 0 Å². The molecule has 0 atom stereocenters. The number of carbonyl (C=O) groups excluding carboxylic acids is 1. The van der Waals surface area contributed by atoms with E-state index in [1.54, 1.807) is 6.20 Å². The highest BCUT2D eigenvalue weighted by molar-refractivity contribution is 6.01. The van der Waals surface area contributed by atoms with E-state index in [0.717, 1.165) is 40.9 Å². The molecule has 2 N–H and O–H groups in total. The average Bonchev–Trinajstić information content (AvgIpc) is 2.68. The van der Waals surface area contributed by atoms with Crippen molar-refractivity contribution in [3.63, 3.8) is 0 Å². The molecule has 0 spiro atoms. The van der Waals surface area contributed by atoms with E-state index >= 15 is 0 Å². The number of hydrogen-bond donors (Lipinski definition) is 2. The van der Waals surface area contributed by atoms with E-state index in [4.69, 9.17) is 0 Å². The van der Waals surface area contributed by atoms with E-state index in [9.17, 15) is 4.79 Å². The molecule has 27 heavy (non-hydrogen) atoms. The fraction of sp³-hybridized carbons (Fsp3) is 0.273. The van der Waals surface area contributed by atoms with Crippen LogP contribution in [-0.2, 0) is 4.79 Å². The maximum atomic E-state index is 12.4. The second-order valence-electron chi connectivity index (χ2n) is 6.45. The van der Waals surface area contributed by atoms with Gasteiger partial charge < -0.3 is 15.5 Å². The van der Waals surface area contributed by atoms with Crippen molar-refractivity contribution in [3.8, 4) is 0 Å². The van der Waals surface area contributed by atoms with Crippen molar-refractivity contribution in [2.75, 3.05) is 35.2 Å². The van der Waals surface area contributed by atoms with Crippen LogP contribution in [0.5, 0.6) is 0 Å². The van der Waals surface area contributed by atoms with Gasteiger partial charge >= 0.3 is 0 Å². The van der Waals surface area contributed by atoms with Crippen LogP contribution in [0.2, 0.25) is 0 Å². The normalized spacial score (nSPS) is 10.6. The molecule has 3 aromatic rings. The van der Waals surface area contributed by atoms with E-state index in [1.807, 2.05) is 36.4 Å². The summed E-state index contributed by atoms with van der Waals surface area (Å²) in [6, 6.07) is 15.9. The highest BCUT2D eigenvalue weighted by Crippen LogP contribution is 2.23. The fourth-order valence-corrected chi connectivity index (χ4v) is 3.21. The number of nitrogens with zero attached hydrogens (tertiary/aromatic N) is 2. The van der Waals surface area contributed by atoms with Gasteiger partial charge in [-0.3, -0.25) is 9.78 Å². The first-order chi connectivity index (χ1) is 13.1. The molecule has 1 aromatic heterocycles. The van der Waals surface area contributed by atoms with E-state index in [1.165, 1.54) is 5.69 Å². The number of rotatable bonds is 7. The van der Waals surface area contributed by atoms with Crippen LogP contribution in [0, 0.1) is 6.92 Å². The molecule has 2 aromatic carbocycles. The molecule has 5 heteroatoms. The standard InChI is InChI=1S/C22H26N4O/c1-4-26(5-2)18-11-12-19(16(3)14-18)24-15-21(27)25-20-10-6-8-17-9-7-13-23-22(17)20/h6-14,24H,4-5,15H2,1-3H3,(H,25,27). The second-order valence-corrected chi connectivity index (χ2v) is 6.45. The lowest BCUT2D eigenvalue weighted by atomic mass is 10.1. The smallest absolute Gasteiger partial charge is 0.243 e. The van der Waals surface area contributed by atoms with Gasteiger partial charge in [0, 0.05) is 36.0 Å². The zero-order valence-corrected chi connectivity index (χ0v) is 16.1. The Kier molecular flexibility index (Phi) is 5.91. The summed E-state index contributed by atoms with van der Waals surface area (Å²) in [7, 11) is 0. The number of carbonyl (C=O) groups is 1. The average molecular weight is 362 g/mol. The minimum Gasteiger partial charge on any atom is -0.376 e. The number of nitrogens with one attached hydrogen (secondary N) is 2. The number of pyridine rings is 1. The predicted molar refractivity (Wildman–Crippen MR) is 114 cm³/mol. The molecule has 0 radical (unpaired) electrons. The lowest BCUT2D eigenvalue weighted by Gasteiger charge is -2.22. The molecule has 0 unspecified atom stereocenters. The van der Waals surface area contributed by atoms with Gasteiger partial charge in [-0.15, -0.1) is 0 Å². The molecule has 1 heterocycles. The maximum absolute atomic E-state index is 12.4. The largest absolute Gasteiger partial charge is 0.376 e. The van der Waals surface area contributed by atoms with Crippen molar-refractivity contribution in [1.29, 1.82) is 0 Å². The highest BCUT2D eigenvalue weighted by Gasteiger charge is 2.09. The summed E-state index contributed by atoms with van der Waals surface area (Å²) in [6.07, 6.45) is 1.73. The van der Waals surface area contributed by atoms with Crippen LogP contribution in [0.4, 0.5) is 17.1 Å². The van der Waals surface area contributed by atoms with E-state index in [0.29, 0.717) is 0 Å². The Morgan fingerprint density at radius 3 is 2.56 bits per heavy atom. The summed E-state index contributed by atoms with van der Waals surface area (Å²) in [5.41, 5.74) is 4.83. The van der Waals surface area contributed by atoms with Gasteiger partial charge in [0.2, 0.25) is 5.91 Å². The second kappa shape index (κ2) is 8.54. The van der Waals surface area contributed by atoms with Crippen molar-refractivity contribution < 1.29 is 4.79 Å². The topological polar surface area (TPSA) is 57.3 Å². The summed E-state index contributed by atoms with van der Waals surface area (Å²) in [6.45, 7) is 8.51. The third-order valence-corrected chi connectivity index (χ3v) is 4.68. The Labute approximate surface area is 160 Å². The highest BCUT2D eigenvalue weighted by atomic mass is 16.1. The minimum atomic E-state index is -0.0969. The zero-order valence-electron chi connectivity index (χ0n) is 16.1. The van der Waals surface area contributed by atoms with Gasteiger partial charge in [0.15, 0.2) is 0 Å². The summed E-state index contributed by atoms with van der Waals surface area (Å²) in [5, 5.41) is 7.19. The molecule has 0 aliphatic carbocycles. The maximum Gasteiger partial charge on any atom is 0.243 e. The van der Waals surface area contributed by atoms with Gasteiger partial charge in [-0.25, -0.2) is 0 Å². The van der Waals surface area contributed by atoms with Crippen LogP contribution in [-0.4, -0.2) is 30.5 Å². The van der Waals surface area contributed by atoms with Crippen molar-refractivity contribution in [3.05, 3.63) is 60.3 Å². The van der Waals surface area contributed by atoms with Crippen molar-refractivity contribution in [2.45, 2.75) is 20.8 Å². The van der Waals surface area contributed by atoms with Crippen LogP contribution < -0.4 is 15.5 Å². The molecule has 0 aliphatic heterocycles. The molecule has 3 rings (SSSR count). The fourth-order valence-electron chi connectivity index (χ4n) is 3.21. The van der Waals surface area contributed by atoms with E-state index in [2.05, 4.69) is 53.4 Å². The first-order valence-electron chi connectivity index (χ1n) is 9.35. The van der Waals surface area contributed by atoms with Crippen LogP contribution in [0.15, 0.2) is 54.7 Å². The quantitative estimate of drug-likeness (QED) is 0.652. The Morgan fingerprint density at radius 2 is 1.81 bits per heavy atom. The van der Waals surface area contributed by atoms with Gasteiger partial charge in [0.05, 0.1) is 17.7 Å². The molecule has 0 bridgehead atoms. The SMILES string of the molecule is CCN(CC)c1ccc(NCC(=O)Nc2cccc3cccnc23)c(C)c1. The van der Waals surface area contributed by atoms with Gasteiger partial charge in [-0.2, -0.15) is 0 Å². The van der Waals surface area contributed by atoms with Crippen molar-refractivity contribution >= 4 is 33.9 Å². The number of para-hydroxylation sites is 1. The molecule has 0 saturated heterocycles. The molecular weight excluding hydrogens is 336 g/mol. The van der Waals surface area contributed by atoms with Crippen molar-refractivity contribution in [2.24, 2.45) is 0 Å². The number of aromatic nitrogens is 1. The molecule has 5 nitrogen and oxygen atoms in total. The molecular formula is C22H26N4O. The number of aryl methyl sites for hydroxylation is 1. The van der Waals surface area contributed by atoms with Crippen LogP contribution in [0.1, 0.15) is 19.4 Å². The Bertz CT molecular complexity index is 929. The molecule has 0 saturated carbocycles. The number of amides is 1. The van der Waals surface area contributed by atoms with E-state index < -0.39 is 0 Å². The van der Waals surface area contributed by atoms with Crippen LogP contribution >= 0.6 is 0 Å². The van der Waals surface area contributed by atoms with Gasteiger partial charge in [0.1, 0.15) is 0 Å². The lowest BCUT2D eigenvalue weighted by molar-refractivity contribution is -0.114. The first-order valence-corrected chi connectivity index (χ1v) is 9.35. The molecule has 0 fully saturated rings. The van der Waals surface area contributed by atoms with Gasteiger partial charge in [0.25, 0.3) is 0 Å². The van der Waals surface area contributed by atoms with Gasteiger partial charge in [-0.1, -0.05) is 18.2 Å².